The highest BCUT2D eigenvalue weighted by Crippen LogP contribution is 2.55. The van der Waals surface area contributed by atoms with Crippen LogP contribution in [-0.4, -0.2) is 60.7 Å². The minimum Gasteiger partial charge on any atom is -0.462 e. The number of ether oxygens (including phenoxy) is 1. The molecule has 3 heterocycles. The van der Waals surface area contributed by atoms with Crippen LogP contribution in [0.5, 0.6) is 0 Å². The van der Waals surface area contributed by atoms with Crippen LogP contribution in [-0.2, 0) is 11.8 Å². The fourth-order valence-corrected chi connectivity index (χ4v) is 6.43. The minimum atomic E-state index is -0.525. The number of amides is 1. The van der Waals surface area contributed by atoms with Gasteiger partial charge in [-0.2, -0.15) is 5.10 Å². The summed E-state index contributed by atoms with van der Waals surface area (Å²) in [6, 6.07) is 12.6. The van der Waals surface area contributed by atoms with Gasteiger partial charge in [-0.1, -0.05) is 42.8 Å². The van der Waals surface area contributed by atoms with Gasteiger partial charge in [-0.25, -0.2) is 13.9 Å². The molecule has 9 nitrogen and oxygen atoms in total. The van der Waals surface area contributed by atoms with Gasteiger partial charge >= 0.3 is 5.97 Å². The topological polar surface area (TPSA) is 95.1 Å². The summed E-state index contributed by atoms with van der Waals surface area (Å²) in [7, 11) is 1.82. The number of rotatable bonds is 9. The van der Waals surface area contributed by atoms with Crippen molar-refractivity contribution in [3.63, 3.8) is 0 Å². The highest BCUT2D eigenvalue weighted by Gasteiger charge is 2.46. The van der Waals surface area contributed by atoms with Crippen molar-refractivity contribution < 1.29 is 18.7 Å². The van der Waals surface area contributed by atoms with Gasteiger partial charge < -0.3 is 9.64 Å². The molecular formula is C33H37FN6O3. The van der Waals surface area contributed by atoms with Gasteiger partial charge in [0.1, 0.15) is 11.4 Å². The lowest BCUT2D eigenvalue weighted by Gasteiger charge is -2.36. The average Bonchev–Trinajstić information content (AvgIpc) is 3.46. The monoisotopic (exact) mass is 584 g/mol. The van der Waals surface area contributed by atoms with E-state index in [0.29, 0.717) is 28.9 Å². The summed E-state index contributed by atoms with van der Waals surface area (Å²) in [6.45, 7) is 4.80. The minimum absolute atomic E-state index is 0.000516. The summed E-state index contributed by atoms with van der Waals surface area (Å²) < 4.78 is 24.9. The second-order valence-electron chi connectivity index (χ2n) is 11.5. The van der Waals surface area contributed by atoms with Crippen LogP contribution in [0.1, 0.15) is 96.3 Å². The van der Waals surface area contributed by atoms with Crippen molar-refractivity contribution in [3.8, 4) is 16.8 Å². The number of nitrogens with zero attached hydrogens (tertiary/aromatic N) is 6. The van der Waals surface area contributed by atoms with Crippen molar-refractivity contribution in [1.82, 2.24) is 29.7 Å². The standard InChI is InChI=1S/C33H37FN6O3/c1-4-10-22-12-6-7-16-39(22)32(41)25-15-9-14-24(30(25)34)21-11-8-13-23(17-21)40-31(28(19-35-40)33(42)43-5-2)27-18-26(27)29-20-38(3)37-36-29/h8-9,11,13-15,17,19-20,22,26-27H,4-7,10,12,16,18H2,1-3H3. The molecule has 6 rings (SSSR count). The van der Waals surface area contributed by atoms with E-state index in [1.165, 1.54) is 6.20 Å². The van der Waals surface area contributed by atoms with E-state index in [0.717, 1.165) is 49.9 Å². The molecule has 43 heavy (non-hydrogen) atoms. The Morgan fingerprint density at radius 3 is 2.67 bits per heavy atom. The molecule has 1 saturated carbocycles. The number of benzene rings is 2. The van der Waals surface area contributed by atoms with Crippen LogP contribution < -0.4 is 0 Å². The SMILES string of the molecule is CCCC1CCCCN1C(=O)c1cccc(-c2cccc(-n3ncc(C(=O)OCC)c3C3CC3c3cn(C)nn3)c2)c1F. The molecule has 0 N–H and O–H groups in total. The summed E-state index contributed by atoms with van der Waals surface area (Å²) in [5.74, 6) is -1.09. The lowest BCUT2D eigenvalue weighted by molar-refractivity contribution is 0.0524. The number of hydrogen-bond donors (Lipinski definition) is 0. The average molecular weight is 585 g/mol. The van der Waals surface area contributed by atoms with E-state index in [1.807, 2.05) is 42.4 Å². The zero-order valence-electron chi connectivity index (χ0n) is 24.9. The fraction of sp³-hybridized carbons (Fsp3) is 0.424. The molecule has 1 aliphatic carbocycles. The van der Waals surface area contributed by atoms with E-state index in [9.17, 15) is 9.59 Å². The Labute approximate surface area is 250 Å². The normalized spacial score (nSPS) is 19.8. The first-order valence-electron chi connectivity index (χ1n) is 15.2. The Hall–Kier alpha value is -4.34. The first kappa shape index (κ1) is 28.8. The Morgan fingerprint density at radius 2 is 1.91 bits per heavy atom. The van der Waals surface area contributed by atoms with Gasteiger partial charge in [-0.15, -0.1) is 5.10 Å². The van der Waals surface area contributed by atoms with Gasteiger partial charge in [0.05, 0.1) is 35.4 Å². The largest absolute Gasteiger partial charge is 0.462 e. The predicted octanol–water partition coefficient (Wildman–Crippen LogP) is 6.05. The summed E-state index contributed by atoms with van der Waals surface area (Å²) in [4.78, 5) is 28.4. The molecule has 3 unspecified atom stereocenters. The van der Waals surface area contributed by atoms with Crippen molar-refractivity contribution in [2.45, 2.75) is 70.3 Å². The third-order valence-electron chi connectivity index (χ3n) is 8.58. The highest BCUT2D eigenvalue weighted by molar-refractivity contribution is 5.96. The Bertz CT molecular complexity index is 1640. The van der Waals surface area contributed by atoms with E-state index in [2.05, 4.69) is 22.3 Å². The number of piperidine rings is 1. The van der Waals surface area contributed by atoms with E-state index in [4.69, 9.17) is 4.74 Å². The van der Waals surface area contributed by atoms with Crippen molar-refractivity contribution in [3.05, 3.63) is 83.2 Å². The summed E-state index contributed by atoms with van der Waals surface area (Å²) in [5, 5.41) is 12.9. The van der Waals surface area contributed by atoms with Crippen LogP contribution in [0.25, 0.3) is 16.8 Å². The molecule has 224 valence electrons. The molecule has 10 heteroatoms. The van der Waals surface area contributed by atoms with Gasteiger partial charge in [-0.05, 0) is 62.8 Å². The Kier molecular flexibility index (Phi) is 8.10. The maximum Gasteiger partial charge on any atom is 0.341 e. The first-order valence-corrected chi connectivity index (χ1v) is 15.2. The number of aryl methyl sites for hydroxylation is 1. The molecule has 2 aliphatic rings. The third-order valence-corrected chi connectivity index (χ3v) is 8.58. The molecule has 2 aromatic heterocycles. The molecule has 0 spiro atoms. The van der Waals surface area contributed by atoms with E-state index >= 15 is 4.39 Å². The molecule has 0 radical (unpaired) electrons. The van der Waals surface area contributed by atoms with Gasteiger partial charge in [0.25, 0.3) is 5.91 Å². The maximum absolute atomic E-state index is 16.1. The number of halogens is 1. The molecule has 1 saturated heterocycles. The number of esters is 1. The molecule has 2 fully saturated rings. The van der Waals surface area contributed by atoms with Crippen LogP contribution in [0.15, 0.2) is 54.9 Å². The number of likely N-dealkylation sites (tertiary alicyclic amines) is 1. The lowest BCUT2D eigenvalue weighted by atomic mass is 9.96. The second-order valence-corrected chi connectivity index (χ2v) is 11.5. The Morgan fingerprint density at radius 1 is 1.07 bits per heavy atom. The van der Waals surface area contributed by atoms with Crippen LogP contribution in [0.3, 0.4) is 0 Å². The summed E-state index contributed by atoms with van der Waals surface area (Å²) in [5.41, 5.74) is 3.76. The highest BCUT2D eigenvalue weighted by atomic mass is 19.1. The number of hydrogen-bond acceptors (Lipinski definition) is 6. The number of carbonyl (C=O) groups is 2. The molecule has 1 aliphatic heterocycles. The van der Waals surface area contributed by atoms with E-state index < -0.39 is 11.8 Å². The van der Waals surface area contributed by atoms with Gasteiger partial charge in [0.15, 0.2) is 0 Å². The predicted molar refractivity (Wildman–Crippen MR) is 160 cm³/mol. The molecule has 1 amide bonds. The fourth-order valence-electron chi connectivity index (χ4n) is 6.43. The molecule has 0 bridgehead atoms. The summed E-state index contributed by atoms with van der Waals surface area (Å²) in [6.07, 6.45) is 9.13. The molecule has 4 aromatic rings. The Balaban J connectivity index is 1.35. The number of aromatic nitrogens is 5. The smallest absolute Gasteiger partial charge is 0.341 e. The van der Waals surface area contributed by atoms with Gasteiger partial charge in [0, 0.05) is 43.2 Å². The van der Waals surface area contributed by atoms with Crippen molar-refractivity contribution in [1.29, 1.82) is 0 Å². The lowest BCUT2D eigenvalue weighted by Crippen LogP contribution is -2.44. The first-order chi connectivity index (χ1) is 20.9. The quantitative estimate of drug-likeness (QED) is 0.222. The van der Waals surface area contributed by atoms with Crippen molar-refractivity contribution in [2.75, 3.05) is 13.2 Å². The molecule has 3 atom stereocenters. The van der Waals surface area contributed by atoms with Gasteiger partial charge in [-0.3, -0.25) is 9.48 Å². The van der Waals surface area contributed by atoms with E-state index in [-0.39, 0.29) is 36.0 Å². The van der Waals surface area contributed by atoms with Crippen LogP contribution in [0, 0.1) is 5.82 Å². The van der Waals surface area contributed by atoms with Crippen LogP contribution in [0.2, 0.25) is 0 Å². The van der Waals surface area contributed by atoms with Crippen molar-refractivity contribution in [2.24, 2.45) is 7.05 Å². The zero-order valence-corrected chi connectivity index (χ0v) is 24.9. The number of carbonyl (C=O) groups excluding carboxylic acids is 2. The molecule has 2 aromatic carbocycles. The van der Waals surface area contributed by atoms with Gasteiger partial charge in [0.2, 0.25) is 0 Å². The third kappa shape index (κ3) is 5.58. The van der Waals surface area contributed by atoms with Crippen LogP contribution >= 0.6 is 0 Å². The zero-order chi connectivity index (χ0) is 30.1. The maximum atomic E-state index is 16.1. The van der Waals surface area contributed by atoms with Crippen LogP contribution in [0.4, 0.5) is 4.39 Å². The van der Waals surface area contributed by atoms with Crippen molar-refractivity contribution >= 4 is 11.9 Å². The second kappa shape index (κ2) is 12.1. The molecular weight excluding hydrogens is 547 g/mol. The summed E-state index contributed by atoms with van der Waals surface area (Å²) >= 11 is 0. The van der Waals surface area contributed by atoms with E-state index in [1.54, 1.807) is 34.5 Å².